The lowest BCUT2D eigenvalue weighted by atomic mass is 9.27. The molecule has 0 amide bonds. The highest BCUT2D eigenvalue weighted by molar-refractivity contribution is 7.23. The Labute approximate surface area is 58.9 Å². The summed E-state index contributed by atoms with van der Waals surface area (Å²) in [6.07, 6.45) is 1.04. The van der Waals surface area contributed by atoms with Crippen LogP contribution >= 0.6 is 0 Å². The molecule has 5 heteroatoms. The maximum atomic E-state index is 9.00. The summed E-state index contributed by atoms with van der Waals surface area (Å²) < 4.78 is 0. The Morgan fingerprint density at radius 3 is 2.11 bits per heavy atom. The van der Waals surface area contributed by atoms with Crippen LogP contribution in [-0.2, 0) is 4.79 Å². The van der Waals surface area contributed by atoms with Gasteiger partial charge in [-0.25, -0.2) is 0 Å². The lowest BCUT2D eigenvalue weighted by Crippen LogP contribution is -1.98. The van der Waals surface area contributed by atoms with Crippen molar-refractivity contribution < 1.29 is 9.90 Å². The quantitative estimate of drug-likeness (QED) is 0.519. The van der Waals surface area contributed by atoms with Crippen molar-refractivity contribution in [2.24, 2.45) is 0 Å². The molecule has 0 aromatic rings. The van der Waals surface area contributed by atoms with E-state index in [1.54, 1.807) is 7.06 Å². The largest absolute Gasteiger partial charge is 0.481 e. The Kier molecular flexibility index (Phi) is 13.5. The zero-order valence-electron chi connectivity index (χ0n) is 5.79. The van der Waals surface area contributed by atoms with E-state index in [0.717, 1.165) is 13.2 Å². The summed E-state index contributed by atoms with van der Waals surface area (Å²) in [6, 6.07) is 0. The van der Waals surface area contributed by atoms with Crippen molar-refractivity contribution in [3.63, 3.8) is 0 Å². The molecule has 0 saturated carbocycles. The van der Waals surface area contributed by atoms with Gasteiger partial charge in [-0.1, -0.05) is 13.2 Å². The highest BCUT2D eigenvalue weighted by atomic mass is 16.4. The van der Waals surface area contributed by atoms with E-state index in [1.807, 2.05) is 14.1 Å². The zero-order valence-corrected chi connectivity index (χ0v) is 5.79. The first kappa shape index (κ1) is 11.5. The highest BCUT2D eigenvalue weighted by Crippen LogP contribution is 1.63. The van der Waals surface area contributed by atoms with Crippen LogP contribution in [0.2, 0.25) is 6.32 Å². The molecule has 0 heterocycles. The maximum absolute atomic E-state index is 9.00. The molecular formula is C4H9B3O2. The molecule has 0 spiro atoms. The lowest BCUT2D eigenvalue weighted by molar-refractivity contribution is -0.134. The second kappa shape index (κ2) is 10.6. The van der Waals surface area contributed by atoms with E-state index < -0.39 is 5.97 Å². The monoisotopic (exact) mass is 122 g/mol. The number of carboxylic acid groups (broad SMARTS) is 1. The molecular weight excluding hydrogens is 112 g/mol. The van der Waals surface area contributed by atoms with Crippen molar-refractivity contribution in [1.82, 2.24) is 0 Å². The molecule has 0 aliphatic rings. The van der Waals surface area contributed by atoms with E-state index in [2.05, 4.69) is 0 Å². The summed E-state index contributed by atoms with van der Waals surface area (Å²) in [5, 5.41) is 7.42. The molecule has 0 atom stereocenters. The summed E-state index contributed by atoms with van der Waals surface area (Å²) in [4.78, 5) is 9.00. The van der Waals surface area contributed by atoms with Gasteiger partial charge < -0.3 is 5.11 Å². The number of rotatable bonds is 2. The second-order valence-electron chi connectivity index (χ2n) is 1.36. The van der Waals surface area contributed by atoms with Crippen LogP contribution in [0.25, 0.3) is 0 Å². The molecule has 0 rings (SSSR count). The molecule has 2 nitrogen and oxygen atoms in total. The van der Waals surface area contributed by atoms with Crippen molar-refractivity contribution in [1.29, 1.82) is 0 Å². The number of hydrogen-bond donors (Lipinski definition) is 1. The fourth-order valence-corrected chi connectivity index (χ4v) is 0.136. The van der Waals surface area contributed by atoms with Gasteiger partial charge in [0.15, 0.2) is 0 Å². The zero-order chi connectivity index (χ0) is 7.70. The van der Waals surface area contributed by atoms with Gasteiger partial charge in [-0.05, 0) is 0 Å². The van der Waals surface area contributed by atoms with Gasteiger partial charge in [0.05, 0.1) is 7.17 Å². The molecule has 46 valence electrons. The van der Waals surface area contributed by atoms with Crippen LogP contribution < -0.4 is 0 Å². The molecule has 0 unspecified atom stereocenters. The normalized spacial score (nSPS) is 6.44. The van der Waals surface area contributed by atoms with Crippen LogP contribution in [0.4, 0.5) is 0 Å². The number of aliphatic carboxylic acids is 1. The van der Waals surface area contributed by atoms with Crippen LogP contribution in [0.1, 0.15) is 13.8 Å². The minimum absolute atomic E-state index is 0.833. The maximum Gasteiger partial charge on any atom is 0.300 e. The third-order valence-electron chi connectivity index (χ3n) is 0.372. The highest BCUT2D eigenvalue weighted by Gasteiger charge is 1.73. The van der Waals surface area contributed by atoms with Crippen LogP contribution in [-0.4, -0.2) is 33.0 Å². The fourth-order valence-electron chi connectivity index (χ4n) is 0.136. The first-order chi connectivity index (χ1) is 4.15. The minimum Gasteiger partial charge on any atom is -0.481 e. The minimum atomic E-state index is -0.833. The third-order valence-corrected chi connectivity index (χ3v) is 0.372. The SMILES string of the molecule is CC(=O)O.[B][B][B]CC. The van der Waals surface area contributed by atoms with Gasteiger partial charge in [-0.15, -0.1) is 0 Å². The van der Waals surface area contributed by atoms with Gasteiger partial charge in [0, 0.05) is 21.7 Å². The van der Waals surface area contributed by atoms with Crippen molar-refractivity contribution >= 4 is 27.9 Å². The average molecular weight is 122 g/mol. The van der Waals surface area contributed by atoms with Gasteiger partial charge >= 0.3 is 0 Å². The predicted molar refractivity (Wildman–Crippen MR) is 41.1 cm³/mol. The van der Waals surface area contributed by atoms with Gasteiger partial charge in [0.2, 0.25) is 0 Å². The van der Waals surface area contributed by atoms with E-state index in [9.17, 15) is 0 Å². The lowest BCUT2D eigenvalue weighted by Gasteiger charge is -1.74. The van der Waals surface area contributed by atoms with E-state index >= 15 is 0 Å². The molecule has 0 aromatic carbocycles. The molecule has 9 heavy (non-hydrogen) atoms. The van der Waals surface area contributed by atoms with E-state index in [1.165, 1.54) is 0 Å². The summed E-state index contributed by atoms with van der Waals surface area (Å²) in [7, 11) is 8.42. The van der Waals surface area contributed by atoms with Crippen LogP contribution in [0.3, 0.4) is 0 Å². The Bertz CT molecular complexity index is 60.8. The van der Waals surface area contributed by atoms with E-state index in [4.69, 9.17) is 17.6 Å². The van der Waals surface area contributed by atoms with Gasteiger partial charge in [-0.3, -0.25) is 4.79 Å². The Hall–Kier alpha value is -0.335. The first-order valence-electron chi connectivity index (χ1n) is 2.71. The second-order valence-corrected chi connectivity index (χ2v) is 1.36. The number of carboxylic acids is 1. The van der Waals surface area contributed by atoms with Crippen LogP contribution in [0, 0.1) is 0 Å². The molecule has 0 bridgehead atoms. The standard InChI is InChI=1S/C2H5B3.C2H4O2/c1-2-4-5-3;1-2(3)4/h2H2,1H3;1H3,(H,3,4). The summed E-state index contributed by atoms with van der Waals surface area (Å²) in [6.45, 7) is 3.13. The summed E-state index contributed by atoms with van der Waals surface area (Å²) >= 11 is 0. The predicted octanol–water partition coefficient (Wildman–Crippen LogP) is -0.0776. The van der Waals surface area contributed by atoms with Gasteiger partial charge in [0.1, 0.15) is 0 Å². The Morgan fingerprint density at radius 2 is 2.11 bits per heavy atom. The van der Waals surface area contributed by atoms with Crippen molar-refractivity contribution in [2.75, 3.05) is 0 Å². The van der Waals surface area contributed by atoms with Crippen molar-refractivity contribution in [3.05, 3.63) is 0 Å². The smallest absolute Gasteiger partial charge is 0.300 e. The number of hydrogen-bond acceptors (Lipinski definition) is 1. The molecule has 4 radical (unpaired) electrons. The molecule has 0 saturated heterocycles. The average Bonchev–Trinajstić information content (AvgIpc) is 1.66. The first-order valence-corrected chi connectivity index (χ1v) is 2.71. The number of carbonyl (C=O) groups is 1. The Morgan fingerprint density at radius 1 is 1.78 bits per heavy atom. The van der Waals surface area contributed by atoms with Crippen molar-refractivity contribution in [2.45, 2.75) is 20.2 Å². The molecule has 0 aliphatic carbocycles. The van der Waals surface area contributed by atoms with Crippen LogP contribution in [0.5, 0.6) is 0 Å². The van der Waals surface area contributed by atoms with Gasteiger partial charge in [-0.2, -0.15) is 0 Å². The summed E-state index contributed by atoms with van der Waals surface area (Å²) in [5.74, 6) is -0.833. The van der Waals surface area contributed by atoms with Crippen LogP contribution in [0.15, 0.2) is 0 Å². The third kappa shape index (κ3) is 88.7. The summed E-state index contributed by atoms with van der Waals surface area (Å²) in [5.41, 5.74) is 0. The topological polar surface area (TPSA) is 37.3 Å². The van der Waals surface area contributed by atoms with Crippen molar-refractivity contribution in [3.8, 4) is 0 Å². The van der Waals surface area contributed by atoms with E-state index in [0.29, 0.717) is 0 Å². The van der Waals surface area contributed by atoms with E-state index in [-0.39, 0.29) is 0 Å². The van der Waals surface area contributed by atoms with Gasteiger partial charge in [0.25, 0.3) is 5.97 Å². The fraction of sp³-hybridized carbons (Fsp3) is 0.750. The molecule has 1 N–H and O–H groups in total. The molecule has 0 fully saturated rings. The molecule has 0 aromatic heterocycles. The molecule has 0 aliphatic heterocycles. The Balaban J connectivity index is 0.